The molecule has 0 spiro atoms. The van der Waals surface area contributed by atoms with Gasteiger partial charge in [0.05, 0.1) is 0 Å². The minimum absolute atomic E-state index is 0.0884. The van der Waals surface area contributed by atoms with E-state index >= 15 is 0 Å². The molecule has 19 heavy (non-hydrogen) atoms. The van der Waals surface area contributed by atoms with E-state index < -0.39 is 49.9 Å². The van der Waals surface area contributed by atoms with E-state index in [1.54, 1.807) is 0 Å². The highest BCUT2D eigenvalue weighted by atomic mass is 33.1. The van der Waals surface area contributed by atoms with Crippen molar-refractivity contribution in [2.24, 2.45) is 0 Å². The third kappa shape index (κ3) is 4.36. The molecule has 1 N–H and O–H groups in total. The summed E-state index contributed by atoms with van der Waals surface area (Å²) in [5.41, 5.74) is 0. The molecule has 0 aromatic heterocycles. The molecule has 0 saturated heterocycles. The van der Waals surface area contributed by atoms with E-state index in [1.165, 1.54) is 0 Å². The molecule has 106 valence electrons. The van der Waals surface area contributed by atoms with Gasteiger partial charge in [-0.15, -0.1) is 0 Å². The second kappa shape index (κ2) is 5.75. The van der Waals surface area contributed by atoms with Gasteiger partial charge in [0.1, 0.15) is 5.75 Å². The van der Waals surface area contributed by atoms with Crippen LogP contribution in [0.2, 0.25) is 0 Å². The third-order valence-corrected chi connectivity index (χ3v) is 3.51. The second-order valence-corrected chi connectivity index (χ2v) is 6.31. The van der Waals surface area contributed by atoms with Crippen molar-refractivity contribution in [1.82, 2.24) is 0 Å². The average Bonchev–Trinajstić information content (AvgIpc) is 2.29. The summed E-state index contributed by atoms with van der Waals surface area (Å²) in [5.74, 6) is -11.6. The zero-order chi connectivity index (χ0) is 14.8. The number of rotatable bonds is 4. The summed E-state index contributed by atoms with van der Waals surface area (Å²) >= 11 is 0. The van der Waals surface area contributed by atoms with E-state index in [9.17, 15) is 30.8 Å². The first kappa shape index (κ1) is 15.7. The molecule has 11 heteroatoms. The summed E-state index contributed by atoms with van der Waals surface area (Å²) in [6, 6.07) is -0.0884. The molecule has 0 heterocycles. The van der Waals surface area contributed by atoms with Crippen molar-refractivity contribution < 1.29 is 40.1 Å². The Morgan fingerprint density at radius 2 is 1.68 bits per heavy atom. The zero-order valence-electron chi connectivity index (χ0n) is 8.69. The molecule has 1 aromatic carbocycles. The van der Waals surface area contributed by atoms with Crippen molar-refractivity contribution >= 4 is 25.9 Å². The molecular formula is C8H4F4O5S2. The number of ether oxygens (including phenoxy) is 1. The van der Waals surface area contributed by atoms with Crippen LogP contribution in [0.15, 0.2) is 6.07 Å². The van der Waals surface area contributed by atoms with Gasteiger partial charge in [-0.2, -0.15) is 17.2 Å². The predicted octanol–water partition coefficient (Wildman–Crippen LogP) is 1.68. The lowest BCUT2D eigenvalue weighted by atomic mass is 10.3. The summed E-state index contributed by atoms with van der Waals surface area (Å²) in [6.45, 7) is 0. The average molecular weight is 320 g/mol. The largest absolute Gasteiger partial charge is 0.419 e. The maximum absolute atomic E-state index is 13.0. The SMILES string of the molecule is O=C(CSS(=O)(=O)O)Oc1c(F)c(F)cc(F)c1F. The number of benzene rings is 1. The van der Waals surface area contributed by atoms with Crippen LogP contribution in [-0.4, -0.2) is 24.7 Å². The zero-order valence-corrected chi connectivity index (χ0v) is 10.3. The van der Waals surface area contributed by atoms with Crippen LogP contribution in [0.3, 0.4) is 0 Å². The highest BCUT2D eigenvalue weighted by Gasteiger charge is 2.23. The molecule has 5 nitrogen and oxygen atoms in total. The number of hydrogen-bond donors (Lipinski definition) is 1. The van der Waals surface area contributed by atoms with Crippen molar-refractivity contribution in [3.63, 3.8) is 0 Å². The van der Waals surface area contributed by atoms with Gasteiger partial charge in [-0.3, -0.25) is 9.35 Å². The molecule has 0 unspecified atom stereocenters. The van der Waals surface area contributed by atoms with Crippen LogP contribution in [0.1, 0.15) is 0 Å². The number of carbonyl (C=O) groups is 1. The van der Waals surface area contributed by atoms with Crippen LogP contribution in [0.5, 0.6) is 5.75 Å². The molecule has 0 bridgehead atoms. The Balaban J connectivity index is 2.91. The van der Waals surface area contributed by atoms with E-state index in [2.05, 4.69) is 4.74 Å². The Bertz CT molecular complexity index is 590. The molecule has 0 aliphatic rings. The van der Waals surface area contributed by atoms with Gasteiger partial charge in [-0.05, 0) is 0 Å². The van der Waals surface area contributed by atoms with Gasteiger partial charge < -0.3 is 4.74 Å². The molecule has 1 rings (SSSR count). The summed E-state index contributed by atoms with van der Waals surface area (Å²) in [7, 11) is -4.87. The molecule has 0 saturated carbocycles. The Hall–Kier alpha value is -1.33. The van der Waals surface area contributed by atoms with Gasteiger partial charge in [-0.25, -0.2) is 8.78 Å². The molecule has 0 radical (unpaired) electrons. The van der Waals surface area contributed by atoms with Gasteiger partial charge >= 0.3 is 15.1 Å². The van der Waals surface area contributed by atoms with E-state index in [1.807, 2.05) is 0 Å². The molecule has 0 atom stereocenters. The van der Waals surface area contributed by atoms with Gasteiger partial charge in [0.15, 0.2) is 11.6 Å². The van der Waals surface area contributed by atoms with Gasteiger partial charge in [0, 0.05) is 16.9 Å². The lowest BCUT2D eigenvalue weighted by molar-refractivity contribution is -0.131. The summed E-state index contributed by atoms with van der Waals surface area (Å²) in [5, 5.41) is 0. The predicted molar refractivity (Wildman–Crippen MR) is 55.9 cm³/mol. The number of halogens is 4. The first-order valence-corrected chi connectivity index (χ1v) is 7.21. The second-order valence-electron chi connectivity index (χ2n) is 2.96. The lowest BCUT2D eigenvalue weighted by Gasteiger charge is -2.07. The van der Waals surface area contributed by atoms with Crippen molar-refractivity contribution in [3.05, 3.63) is 29.3 Å². The fraction of sp³-hybridized carbons (Fsp3) is 0.125. The van der Waals surface area contributed by atoms with E-state index in [0.717, 1.165) is 0 Å². The number of carbonyl (C=O) groups excluding carboxylic acids is 1. The summed E-state index contributed by atoms with van der Waals surface area (Å²) in [4.78, 5) is 11.0. The fourth-order valence-electron chi connectivity index (χ4n) is 0.907. The Labute approximate surface area is 107 Å². The maximum Gasteiger partial charge on any atom is 0.322 e. The molecular weight excluding hydrogens is 316 g/mol. The highest BCUT2D eigenvalue weighted by molar-refractivity contribution is 8.70. The number of hydrogen-bond acceptors (Lipinski definition) is 5. The Kier molecular flexibility index (Phi) is 4.76. The van der Waals surface area contributed by atoms with Crippen molar-refractivity contribution in [2.45, 2.75) is 0 Å². The van der Waals surface area contributed by atoms with Crippen LogP contribution in [-0.2, 0) is 13.9 Å². The van der Waals surface area contributed by atoms with Crippen LogP contribution in [0.25, 0.3) is 0 Å². The van der Waals surface area contributed by atoms with Crippen LogP contribution in [0.4, 0.5) is 17.6 Å². The summed E-state index contributed by atoms with van der Waals surface area (Å²) < 4.78 is 84.4. The first-order valence-electron chi connectivity index (χ1n) is 4.27. The van der Waals surface area contributed by atoms with Gasteiger partial charge in [0.2, 0.25) is 17.4 Å². The lowest BCUT2D eigenvalue weighted by Crippen LogP contribution is -2.15. The Morgan fingerprint density at radius 3 is 2.11 bits per heavy atom. The molecule has 0 aliphatic heterocycles. The smallest absolute Gasteiger partial charge is 0.322 e. The van der Waals surface area contributed by atoms with Crippen LogP contribution < -0.4 is 4.74 Å². The summed E-state index contributed by atoms with van der Waals surface area (Å²) in [6.07, 6.45) is 0. The molecule has 0 amide bonds. The highest BCUT2D eigenvalue weighted by Crippen LogP contribution is 2.26. The van der Waals surface area contributed by atoms with Crippen LogP contribution >= 0.6 is 10.8 Å². The quantitative estimate of drug-likeness (QED) is 0.227. The van der Waals surface area contributed by atoms with E-state index in [-0.39, 0.29) is 16.9 Å². The molecule has 0 fully saturated rings. The maximum atomic E-state index is 13.0. The topological polar surface area (TPSA) is 80.7 Å². The van der Waals surface area contributed by atoms with Crippen molar-refractivity contribution in [1.29, 1.82) is 0 Å². The minimum Gasteiger partial charge on any atom is -0.419 e. The van der Waals surface area contributed by atoms with Gasteiger partial charge in [0.25, 0.3) is 0 Å². The van der Waals surface area contributed by atoms with E-state index in [0.29, 0.717) is 0 Å². The van der Waals surface area contributed by atoms with Crippen molar-refractivity contribution in [3.8, 4) is 5.75 Å². The Morgan fingerprint density at radius 1 is 1.21 bits per heavy atom. The first-order chi connectivity index (χ1) is 8.61. The van der Waals surface area contributed by atoms with E-state index in [4.69, 9.17) is 4.55 Å². The fourth-order valence-corrected chi connectivity index (χ4v) is 1.95. The minimum atomic E-state index is -4.57. The monoisotopic (exact) mass is 320 g/mol. The molecule has 1 aromatic rings. The number of esters is 1. The molecule has 0 aliphatic carbocycles. The normalized spacial score (nSPS) is 11.4. The van der Waals surface area contributed by atoms with Crippen molar-refractivity contribution in [2.75, 3.05) is 5.75 Å². The third-order valence-electron chi connectivity index (χ3n) is 1.61. The van der Waals surface area contributed by atoms with Gasteiger partial charge in [-0.1, -0.05) is 0 Å². The van der Waals surface area contributed by atoms with Crippen LogP contribution in [0, 0.1) is 23.3 Å². The standard InChI is InChI=1S/C8H4F4O5S2/c9-3-1-4(10)7(12)8(6(3)11)17-5(13)2-18-19(14,15)16/h1H,2H2,(H,14,15,16).